The normalized spacial score (nSPS) is 10.2. The molecule has 0 unspecified atom stereocenters. The summed E-state index contributed by atoms with van der Waals surface area (Å²) in [4.78, 5) is 15.3. The second kappa shape index (κ2) is 6.17. The molecule has 21 heavy (non-hydrogen) atoms. The van der Waals surface area contributed by atoms with Gasteiger partial charge in [-0.3, -0.25) is 0 Å². The molecule has 1 aromatic carbocycles. The Labute approximate surface area is 119 Å². The molecule has 1 aromatic heterocycles. The van der Waals surface area contributed by atoms with Crippen LogP contribution in [0.15, 0.2) is 30.5 Å². The van der Waals surface area contributed by atoms with E-state index in [1.165, 1.54) is 18.3 Å². The zero-order valence-corrected chi connectivity index (χ0v) is 11.1. The van der Waals surface area contributed by atoms with E-state index in [-0.39, 0.29) is 29.5 Å². The molecular formula is C14H12F2N2O3. The highest BCUT2D eigenvalue weighted by atomic mass is 19.1. The first kappa shape index (κ1) is 14.7. The molecular weight excluding hydrogens is 282 g/mol. The lowest BCUT2D eigenvalue weighted by molar-refractivity contribution is 0.0526. The molecule has 0 radical (unpaired) electrons. The quantitative estimate of drug-likeness (QED) is 0.693. The summed E-state index contributed by atoms with van der Waals surface area (Å²) in [5, 5.41) is 0. The molecule has 1 heterocycles. The highest BCUT2D eigenvalue weighted by Gasteiger charge is 2.12. The fourth-order valence-electron chi connectivity index (χ4n) is 1.51. The summed E-state index contributed by atoms with van der Waals surface area (Å²) < 4.78 is 36.7. The third-order valence-electron chi connectivity index (χ3n) is 2.51. The van der Waals surface area contributed by atoms with Crippen LogP contribution >= 0.6 is 0 Å². The molecule has 0 atom stereocenters. The van der Waals surface area contributed by atoms with Crippen molar-refractivity contribution in [2.24, 2.45) is 0 Å². The average molecular weight is 294 g/mol. The van der Waals surface area contributed by atoms with E-state index in [1.54, 1.807) is 6.92 Å². The van der Waals surface area contributed by atoms with Crippen LogP contribution in [0, 0.1) is 11.6 Å². The van der Waals surface area contributed by atoms with Crippen molar-refractivity contribution in [1.29, 1.82) is 0 Å². The minimum absolute atomic E-state index is 0.00567. The number of halogens is 2. The lowest BCUT2D eigenvalue weighted by atomic mass is 10.2. The van der Waals surface area contributed by atoms with E-state index in [0.29, 0.717) is 0 Å². The van der Waals surface area contributed by atoms with Gasteiger partial charge in [0.1, 0.15) is 5.82 Å². The smallest absolute Gasteiger partial charge is 0.339 e. The number of esters is 1. The molecule has 0 amide bonds. The standard InChI is InChI=1S/C14H12F2N2O3/c1-2-20-14(19)8-3-4-13(18-7-8)21-12-6-9(15)11(17)5-10(12)16/h3-7H,2,17H2,1H3. The summed E-state index contributed by atoms with van der Waals surface area (Å²) in [5.41, 5.74) is 5.14. The van der Waals surface area contributed by atoms with Gasteiger partial charge in [0.25, 0.3) is 0 Å². The zero-order chi connectivity index (χ0) is 15.4. The number of aromatic nitrogens is 1. The fraction of sp³-hybridized carbons (Fsp3) is 0.143. The van der Waals surface area contributed by atoms with Crippen LogP contribution in [0.1, 0.15) is 17.3 Å². The van der Waals surface area contributed by atoms with Gasteiger partial charge in [0.05, 0.1) is 17.9 Å². The number of carbonyl (C=O) groups is 1. The zero-order valence-electron chi connectivity index (χ0n) is 11.1. The number of anilines is 1. The van der Waals surface area contributed by atoms with E-state index in [2.05, 4.69) is 4.98 Å². The fourth-order valence-corrected chi connectivity index (χ4v) is 1.51. The second-order valence-electron chi connectivity index (χ2n) is 4.01. The predicted molar refractivity (Wildman–Crippen MR) is 71.0 cm³/mol. The molecule has 0 spiro atoms. The number of carbonyl (C=O) groups excluding carboxylic acids is 1. The van der Waals surface area contributed by atoms with Crippen LogP contribution in [0.3, 0.4) is 0 Å². The van der Waals surface area contributed by atoms with Gasteiger partial charge in [0, 0.05) is 24.4 Å². The van der Waals surface area contributed by atoms with Crippen LogP contribution in [0.5, 0.6) is 11.6 Å². The Morgan fingerprint density at radius 3 is 2.67 bits per heavy atom. The van der Waals surface area contributed by atoms with E-state index >= 15 is 0 Å². The number of nitrogens with two attached hydrogens (primary N) is 1. The van der Waals surface area contributed by atoms with Gasteiger partial charge in [0.2, 0.25) is 5.88 Å². The molecule has 0 bridgehead atoms. The molecule has 2 rings (SSSR count). The van der Waals surface area contributed by atoms with Gasteiger partial charge in [-0.1, -0.05) is 0 Å². The second-order valence-corrected chi connectivity index (χ2v) is 4.01. The molecule has 2 N–H and O–H groups in total. The number of nitrogens with zero attached hydrogens (tertiary/aromatic N) is 1. The van der Waals surface area contributed by atoms with Gasteiger partial charge in [-0.05, 0) is 13.0 Å². The molecule has 0 saturated carbocycles. The topological polar surface area (TPSA) is 74.4 Å². The van der Waals surface area contributed by atoms with Crippen LogP contribution in [0.4, 0.5) is 14.5 Å². The maximum atomic E-state index is 13.6. The first-order valence-corrected chi connectivity index (χ1v) is 6.06. The Morgan fingerprint density at radius 2 is 2.05 bits per heavy atom. The Kier molecular flexibility index (Phi) is 4.32. The van der Waals surface area contributed by atoms with Crippen LogP contribution in [0.2, 0.25) is 0 Å². The molecule has 110 valence electrons. The Balaban J connectivity index is 2.17. The van der Waals surface area contributed by atoms with Gasteiger partial charge in [-0.25, -0.2) is 18.6 Å². The van der Waals surface area contributed by atoms with E-state index in [0.717, 1.165) is 12.1 Å². The number of benzene rings is 1. The van der Waals surface area contributed by atoms with Crippen LogP contribution in [0.25, 0.3) is 0 Å². The molecule has 0 saturated heterocycles. The van der Waals surface area contributed by atoms with Crippen molar-refractivity contribution in [3.05, 3.63) is 47.7 Å². The highest BCUT2D eigenvalue weighted by molar-refractivity contribution is 5.89. The van der Waals surface area contributed by atoms with Crippen molar-refractivity contribution in [2.75, 3.05) is 12.3 Å². The third-order valence-corrected chi connectivity index (χ3v) is 2.51. The van der Waals surface area contributed by atoms with Crippen molar-refractivity contribution < 1.29 is 23.0 Å². The first-order chi connectivity index (χ1) is 10.0. The number of nitrogen functional groups attached to an aromatic ring is 1. The minimum Gasteiger partial charge on any atom is -0.462 e. The molecule has 0 aliphatic carbocycles. The number of hydrogen-bond acceptors (Lipinski definition) is 5. The maximum absolute atomic E-state index is 13.6. The average Bonchev–Trinajstić information content (AvgIpc) is 2.46. The lowest BCUT2D eigenvalue weighted by Crippen LogP contribution is -2.05. The largest absolute Gasteiger partial charge is 0.462 e. The molecule has 0 aliphatic rings. The number of hydrogen-bond donors (Lipinski definition) is 1. The van der Waals surface area contributed by atoms with Crippen molar-refractivity contribution >= 4 is 11.7 Å². The van der Waals surface area contributed by atoms with Gasteiger partial charge >= 0.3 is 5.97 Å². The van der Waals surface area contributed by atoms with Gasteiger partial charge in [-0.2, -0.15) is 0 Å². The van der Waals surface area contributed by atoms with Gasteiger partial charge in [0.15, 0.2) is 11.6 Å². The van der Waals surface area contributed by atoms with Crippen molar-refractivity contribution in [3.8, 4) is 11.6 Å². The summed E-state index contributed by atoms with van der Waals surface area (Å²) >= 11 is 0. The summed E-state index contributed by atoms with van der Waals surface area (Å²) in [6, 6.07) is 4.40. The Hall–Kier alpha value is -2.70. The van der Waals surface area contributed by atoms with E-state index in [9.17, 15) is 13.6 Å². The van der Waals surface area contributed by atoms with E-state index in [1.807, 2.05) is 0 Å². The maximum Gasteiger partial charge on any atom is 0.339 e. The minimum atomic E-state index is -0.815. The Morgan fingerprint density at radius 1 is 1.29 bits per heavy atom. The van der Waals surface area contributed by atoms with E-state index < -0.39 is 17.6 Å². The molecule has 5 nitrogen and oxygen atoms in total. The summed E-state index contributed by atoms with van der Waals surface area (Å²) in [6.45, 7) is 1.92. The first-order valence-electron chi connectivity index (χ1n) is 6.06. The molecule has 2 aromatic rings. The van der Waals surface area contributed by atoms with Crippen LogP contribution < -0.4 is 10.5 Å². The van der Waals surface area contributed by atoms with Crippen molar-refractivity contribution in [1.82, 2.24) is 4.98 Å². The summed E-state index contributed by atoms with van der Waals surface area (Å²) in [6.07, 6.45) is 1.22. The molecule has 0 aliphatic heterocycles. The molecule has 0 fully saturated rings. The monoisotopic (exact) mass is 294 g/mol. The lowest BCUT2D eigenvalue weighted by Gasteiger charge is -2.07. The van der Waals surface area contributed by atoms with Crippen molar-refractivity contribution in [2.45, 2.75) is 6.92 Å². The van der Waals surface area contributed by atoms with Gasteiger partial charge in [-0.15, -0.1) is 0 Å². The number of rotatable bonds is 4. The van der Waals surface area contributed by atoms with E-state index in [4.69, 9.17) is 15.2 Å². The van der Waals surface area contributed by atoms with Crippen LogP contribution in [-0.2, 0) is 4.74 Å². The van der Waals surface area contributed by atoms with Crippen LogP contribution in [-0.4, -0.2) is 17.6 Å². The number of ether oxygens (including phenoxy) is 2. The predicted octanol–water partition coefficient (Wildman–Crippen LogP) is 2.91. The number of pyridine rings is 1. The summed E-state index contributed by atoms with van der Waals surface area (Å²) in [7, 11) is 0. The Bertz CT molecular complexity index is 660. The van der Waals surface area contributed by atoms with Crippen molar-refractivity contribution in [3.63, 3.8) is 0 Å². The van der Waals surface area contributed by atoms with Gasteiger partial charge < -0.3 is 15.2 Å². The SMILES string of the molecule is CCOC(=O)c1ccc(Oc2cc(F)c(N)cc2F)nc1. The molecule has 7 heteroatoms. The third kappa shape index (κ3) is 3.44. The summed E-state index contributed by atoms with van der Waals surface area (Å²) in [5.74, 6) is -2.48. The highest BCUT2D eigenvalue weighted by Crippen LogP contribution is 2.26.